The standard InChI is InChI=1S/C45H70N3O7/c1-28(2)37-31(49)22-45(34(50)25-48(21-20-47(10)11)24-29-26-54-27-46-29)19-18-43(8)30(38(37)45)12-13-33-42(7)16-15-35(55-36(51)23-40(3,4)39(52)53)41(5,6)32(42)14-17-44(33,43)9/h26-28,30,32-35H,12-25H2,1-11H3,(H,52,53)/q-1/t30-,32?,33?,34?,35+,42+,43-,44-,45+/m1/s1. The van der Waals surface area contributed by atoms with E-state index in [0.717, 1.165) is 75.7 Å². The van der Waals surface area contributed by atoms with Gasteiger partial charge in [0.25, 0.3) is 0 Å². The first-order valence-corrected chi connectivity index (χ1v) is 21.1. The maximum atomic E-state index is 15.1. The van der Waals surface area contributed by atoms with E-state index < -0.39 is 28.9 Å². The van der Waals surface area contributed by atoms with Gasteiger partial charge in [-0.1, -0.05) is 54.0 Å². The predicted molar refractivity (Wildman–Crippen MR) is 209 cm³/mol. The lowest BCUT2D eigenvalue weighted by Gasteiger charge is -2.72. The lowest BCUT2D eigenvalue weighted by Crippen LogP contribution is -2.66. The van der Waals surface area contributed by atoms with Crippen LogP contribution in [0.1, 0.15) is 132 Å². The van der Waals surface area contributed by atoms with E-state index in [-0.39, 0.29) is 51.8 Å². The van der Waals surface area contributed by atoms with Crippen LogP contribution >= 0.6 is 0 Å². The molecule has 308 valence electrons. The Hall–Kier alpha value is -2.56. The zero-order chi connectivity index (χ0) is 40.5. The van der Waals surface area contributed by atoms with E-state index in [1.807, 2.05) is 14.1 Å². The highest BCUT2D eigenvalue weighted by atomic mass is 16.5. The number of oxazole rings is 1. The van der Waals surface area contributed by atoms with Gasteiger partial charge in [-0.15, -0.1) is 6.10 Å². The Morgan fingerprint density at radius 2 is 1.71 bits per heavy atom. The molecule has 1 aromatic heterocycles. The van der Waals surface area contributed by atoms with Crippen LogP contribution in [-0.2, 0) is 25.7 Å². The number of carbonyl (C=O) groups is 3. The van der Waals surface area contributed by atoms with Crippen LogP contribution in [0.15, 0.2) is 28.2 Å². The topological polar surface area (TPSA) is 136 Å². The molecule has 0 radical (unpaired) electrons. The van der Waals surface area contributed by atoms with E-state index in [1.165, 1.54) is 12.0 Å². The Morgan fingerprint density at radius 3 is 2.33 bits per heavy atom. The SMILES string of the molecule is CC(C)C1=C2[C@H]3CCC4[C@@]5(C)CC[C@H](OC(=O)CC(C)(C)C(=O)O)C(C)(C)C5CC[C@@]4(C)[C@]3(C)CC[C@@]2(C([O-])CN(CCN(C)C)Cc2cocn2)CC1=O. The monoisotopic (exact) mass is 765 g/mol. The molecule has 1 aromatic rings. The minimum Gasteiger partial charge on any atom is -0.850 e. The summed E-state index contributed by atoms with van der Waals surface area (Å²) in [6, 6.07) is 0. The molecule has 9 atom stereocenters. The number of hydrogen-bond acceptors (Lipinski definition) is 9. The second-order valence-electron chi connectivity index (χ2n) is 21.1. The van der Waals surface area contributed by atoms with Crippen molar-refractivity contribution in [2.45, 2.75) is 145 Å². The lowest BCUT2D eigenvalue weighted by atomic mass is 9.33. The van der Waals surface area contributed by atoms with E-state index in [9.17, 15) is 19.5 Å². The molecular formula is C45H70N3O7-. The fraction of sp³-hybridized carbons (Fsp3) is 0.822. The number of aromatic nitrogens is 1. The Labute approximate surface area is 330 Å². The van der Waals surface area contributed by atoms with Crippen LogP contribution in [0.25, 0.3) is 0 Å². The van der Waals surface area contributed by atoms with Crippen molar-refractivity contribution in [1.82, 2.24) is 14.8 Å². The van der Waals surface area contributed by atoms with E-state index in [0.29, 0.717) is 31.3 Å². The predicted octanol–water partition coefficient (Wildman–Crippen LogP) is 7.16. The Kier molecular flexibility index (Phi) is 11.2. The van der Waals surface area contributed by atoms with Crippen molar-refractivity contribution in [3.63, 3.8) is 0 Å². The molecule has 0 spiro atoms. The largest absolute Gasteiger partial charge is 0.850 e. The van der Waals surface area contributed by atoms with Gasteiger partial charge in [-0.2, -0.15) is 0 Å². The summed E-state index contributed by atoms with van der Waals surface area (Å²) in [5, 5.41) is 24.7. The number of rotatable bonds is 13. The van der Waals surface area contributed by atoms with Crippen molar-refractivity contribution < 1.29 is 33.8 Å². The summed E-state index contributed by atoms with van der Waals surface area (Å²) in [7, 11) is 4.10. The summed E-state index contributed by atoms with van der Waals surface area (Å²) in [6.45, 7) is 22.0. The van der Waals surface area contributed by atoms with Gasteiger partial charge in [0.15, 0.2) is 12.2 Å². The van der Waals surface area contributed by atoms with Crippen molar-refractivity contribution in [2.24, 2.45) is 56.2 Å². The first-order chi connectivity index (χ1) is 25.5. The molecule has 5 aliphatic rings. The van der Waals surface area contributed by atoms with Gasteiger partial charge in [0.2, 0.25) is 0 Å². The molecule has 0 amide bonds. The van der Waals surface area contributed by atoms with Crippen LogP contribution in [0.3, 0.4) is 0 Å². The number of likely N-dealkylation sites (N-methyl/N-ethyl adjacent to an activating group) is 1. The van der Waals surface area contributed by atoms with Crippen molar-refractivity contribution >= 4 is 17.7 Å². The zero-order valence-electron chi connectivity index (χ0n) is 35.8. The number of carbonyl (C=O) groups excluding carboxylic acids is 2. The highest BCUT2D eigenvalue weighted by Crippen LogP contribution is 2.77. The summed E-state index contributed by atoms with van der Waals surface area (Å²) in [6.07, 6.45) is 9.65. The maximum Gasteiger partial charge on any atom is 0.309 e. The summed E-state index contributed by atoms with van der Waals surface area (Å²) in [4.78, 5) is 47.8. The van der Waals surface area contributed by atoms with Crippen LogP contribution in [0.4, 0.5) is 0 Å². The molecule has 0 aliphatic heterocycles. The Balaban J connectivity index is 1.28. The highest BCUT2D eigenvalue weighted by Gasteiger charge is 2.70. The minimum absolute atomic E-state index is 0.0161. The van der Waals surface area contributed by atoms with E-state index in [1.54, 1.807) is 20.1 Å². The van der Waals surface area contributed by atoms with Gasteiger partial charge in [0.1, 0.15) is 12.4 Å². The Morgan fingerprint density at radius 1 is 1.00 bits per heavy atom. The van der Waals surface area contributed by atoms with Crippen molar-refractivity contribution in [3.8, 4) is 0 Å². The molecule has 0 aromatic carbocycles. The smallest absolute Gasteiger partial charge is 0.309 e. The molecule has 5 aliphatic carbocycles. The van der Waals surface area contributed by atoms with Crippen LogP contribution < -0.4 is 5.11 Å². The average molecular weight is 765 g/mol. The van der Waals surface area contributed by atoms with Crippen molar-refractivity contribution in [1.29, 1.82) is 0 Å². The number of carboxylic acids is 1. The number of allylic oxidation sites excluding steroid dienone is 1. The molecule has 0 bridgehead atoms. The van der Waals surface area contributed by atoms with Gasteiger partial charge in [0.05, 0.1) is 17.5 Å². The van der Waals surface area contributed by atoms with Gasteiger partial charge < -0.3 is 24.3 Å². The minimum atomic E-state index is -1.17. The van der Waals surface area contributed by atoms with Crippen LogP contribution in [0.5, 0.6) is 0 Å². The van der Waals surface area contributed by atoms with Gasteiger partial charge in [-0.05, 0) is 137 Å². The molecule has 10 heteroatoms. The normalized spacial score (nSPS) is 36.4. The molecule has 55 heavy (non-hydrogen) atoms. The number of carboxylic acid groups (broad SMARTS) is 1. The number of Topliss-reactive ketones (excluding diaryl/α,β-unsaturated/α-hetero) is 1. The van der Waals surface area contributed by atoms with Gasteiger partial charge in [-0.25, -0.2) is 4.98 Å². The Bertz CT molecular complexity index is 1650. The van der Waals surface area contributed by atoms with Crippen LogP contribution in [0.2, 0.25) is 0 Å². The molecular weight excluding hydrogens is 695 g/mol. The summed E-state index contributed by atoms with van der Waals surface area (Å²) >= 11 is 0. The summed E-state index contributed by atoms with van der Waals surface area (Å²) in [5.41, 5.74) is 0.870. The summed E-state index contributed by atoms with van der Waals surface area (Å²) in [5.74, 6) is -0.164. The lowest BCUT2D eigenvalue weighted by molar-refractivity contribution is -0.448. The molecule has 0 saturated heterocycles. The first kappa shape index (κ1) is 42.1. The molecule has 4 saturated carbocycles. The van der Waals surface area contributed by atoms with Crippen LogP contribution in [-0.4, -0.2) is 83.5 Å². The van der Waals surface area contributed by atoms with Crippen LogP contribution in [0, 0.1) is 56.2 Å². The summed E-state index contributed by atoms with van der Waals surface area (Å²) < 4.78 is 11.5. The first-order valence-electron chi connectivity index (χ1n) is 21.1. The van der Waals surface area contributed by atoms with E-state index in [2.05, 4.69) is 63.2 Å². The third-order valence-corrected chi connectivity index (χ3v) is 16.6. The number of nitrogens with zero attached hydrogens (tertiary/aromatic N) is 3. The van der Waals surface area contributed by atoms with E-state index >= 15 is 5.11 Å². The van der Waals surface area contributed by atoms with E-state index in [4.69, 9.17) is 9.15 Å². The second kappa shape index (κ2) is 14.7. The van der Waals surface area contributed by atoms with Crippen molar-refractivity contribution in [2.75, 3.05) is 33.7 Å². The fourth-order valence-electron chi connectivity index (χ4n) is 13.4. The molecule has 6 rings (SSSR count). The third kappa shape index (κ3) is 6.96. The number of esters is 1. The number of hydrogen-bond donors (Lipinski definition) is 1. The van der Waals surface area contributed by atoms with Gasteiger partial charge >= 0.3 is 11.9 Å². The fourth-order valence-corrected chi connectivity index (χ4v) is 13.4. The third-order valence-electron chi connectivity index (χ3n) is 16.6. The number of fused-ring (bicyclic) bond motifs is 7. The number of ketones is 1. The molecule has 3 unspecified atom stereocenters. The van der Waals surface area contributed by atoms with Crippen molar-refractivity contribution in [3.05, 3.63) is 29.5 Å². The highest BCUT2D eigenvalue weighted by molar-refractivity contribution is 6.00. The quantitative estimate of drug-likeness (QED) is 0.206. The molecule has 10 nitrogen and oxygen atoms in total. The van der Waals surface area contributed by atoms with Gasteiger partial charge in [-0.3, -0.25) is 19.3 Å². The van der Waals surface area contributed by atoms with Gasteiger partial charge in [0, 0.05) is 31.5 Å². The maximum absolute atomic E-state index is 15.1. The molecule has 1 N–H and O–H groups in total. The second-order valence-corrected chi connectivity index (χ2v) is 21.1. The number of aliphatic carboxylic acids is 1. The number of ether oxygens (including phenoxy) is 1. The molecule has 1 heterocycles. The zero-order valence-corrected chi connectivity index (χ0v) is 35.8. The average Bonchev–Trinajstić information content (AvgIpc) is 3.70. The molecule has 4 fully saturated rings.